The van der Waals surface area contributed by atoms with Gasteiger partial charge in [0.2, 0.25) is 0 Å². The summed E-state index contributed by atoms with van der Waals surface area (Å²) in [6.07, 6.45) is -1.83. The third-order valence-corrected chi connectivity index (χ3v) is 2.61. The normalized spacial score (nSPS) is 8.60. The van der Waals surface area contributed by atoms with E-state index in [2.05, 4.69) is 0 Å². The molecule has 2 aromatic carbocycles. The van der Waals surface area contributed by atoms with E-state index in [1.807, 2.05) is 0 Å². The maximum Gasteiger partial charge on any atom is 0.503 e. The van der Waals surface area contributed by atoms with E-state index in [1.165, 1.54) is 0 Å². The molecule has 0 amide bonds. The molecular formula is C13H10Cl4O3. The van der Waals surface area contributed by atoms with Gasteiger partial charge in [-0.25, -0.2) is 4.79 Å². The molecule has 0 aromatic heterocycles. The van der Waals surface area contributed by atoms with Gasteiger partial charge in [-0.2, -0.15) is 0 Å². The molecule has 7 heteroatoms. The van der Waals surface area contributed by atoms with Crippen LogP contribution in [0.15, 0.2) is 48.5 Å². The van der Waals surface area contributed by atoms with Crippen molar-refractivity contribution in [1.82, 2.24) is 0 Å². The van der Waals surface area contributed by atoms with Crippen molar-refractivity contribution in [3.8, 4) is 0 Å². The van der Waals surface area contributed by atoms with Crippen molar-refractivity contribution >= 4 is 52.6 Å². The quantitative estimate of drug-likeness (QED) is 0.590. The van der Waals surface area contributed by atoms with Crippen LogP contribution in [-0.2, 0) is 0 Å². The lowest BCUT2D eigenvalue weighted by atomic mass is 10.4. The van der Waals surface area contributed by atoms with Gasteiger partial charge < -0.3 is 10.2 Å². The number of hydrogen-bond donors (Lipinski definition) is 2. The summed E-state index contributed by atoms with van der Waals surface area (Å²) >= 11 is 22.2. The molecule has 20 heavy (non-hydrogen) atoms. The monoisotopic (exact) mass is 354 g/mol. The maximum absolute atomic E-state index is 8.56. The summed E-state index contributed by atoms with van der Waals surface area (Å²) in [5, 5.41) is 16.8. The molecule has 2 N–H and O–H groups in total. The van der Waals surface area contributed by atoms with E-state index in [4.69, 9.17) is 61.4 Å². The van der Waals surface area contributed by atoms with Crippen LogP contribution in [0.2, 0.25) is 20.1 Å². The van der Waals surface area contributed by atoms with Gasteiger partial charge in [-0.15, -0.1) is 0 Å². The first-order chi connectivity index (χ1) is 9.31. The van der Waals surface area contributed by atoms with Crippen LogP contribution in [0.3, 0.4) is 0 Å². The van der Waals surface area contributed by atoms with Gasteiger partial charge in [0.05, 0.1) is 0 Å². The van der Waals surface area contributed by atoms with Crippen LogP contribution in [0.4, 0.5) is 4.79 Å². The first kappa shape index (κ1) is 18.9. The van der Waals surface area contributed by atoms with Gasteiger partial charge in [0.15, 0.2) is 0 Å². The van der Waals surface area contributed by atoms with Crippen molar-refractivity contribution in [1.29, 1.82) is 0 Å². The molecular weight excluding hydrogens is 346 g/mol. The zero-order valence-corrected chi connectivity index (χ0v) is 13.0. The van der Waals surface area contributed by atoms with Crippen LogP contribution in [-0.4, -0.2) is 16.4 Å². The number of halogens is 4. The lowest BCUT2D eigenvalue weighted by Crippen LogP contribution is -1.81. The van der Waals surface area contributed by atoms with Crippen LogP contribution in [0.1, 0.15) is 0 Å². The van der Waals surface area contributed by atoms with Gasteiger partial charge in [0, 0.05) is 20.1 Å². The Kier molecular flexibility index (Phi) is 10.0. The first-order valence-electron chi connectivity index (χ1n) is 5.05. The van der Waals surface area contributed by atoms with Crippen LogP contribution >= 0.6 is 46.4 Å². The van der Waals surface area contributed by atoms with Crippen molar-refractivity contribution in [2.45, 2.75) is 0 Å². The van der Waals surface area contributed by atoms with Crippen molar-refractivity contribution in [3.05, 3.63) is 68.6 Å². The molecule has 0 unspecified atom stereocenters. The topological polar surface area (TPSA) is 57.5 Å². The minimum atomic E-state index is -1.83. The summed E-state index contributed by atoms with van der Waals surface area (Å²) in [5.41, 5.74) is 0. The summed E-state index contributed by atoms with van der Waals surface area (Å²) in [7, 11) is 0. The minimum Gasteiger partial charge on any atom is -0.450 e. The standard InChI is InChI=1S/2C6H4Cl2.CH2O3/c2*7-5-1-2-6(8)4-3-5;2-1(3)4/h2*1-4H;(H2,2,3,4). The molecule has 0 aliphatic heterocycles. The minimum absolute atomic E-state index is 0.717. The van der Waals surface area contributed by atoms with Crippen LogP contribution in [0.25, 0.3) is 0 Å². The van der Waals surface area contributed by atoms with Crippen molar-refractivity contribution in [3.63, 3.8) is 0 Å². The summed E-state index contributed by atoms with van der Waals surface area (Å²) in [6.45, 7) is 0. The van der Waals surface area contributed by atoms with Crippen molar-refractivity contribution in [2.75, 3.05) is 0 Å². The molecule has 0 heterocycles. The third-order valence-electron chi connectivity index (χ3n) is 1.61. The highest BCUT2D eigenvalue weighted by atomic mass is 35.5. The van der Waals surface area contributed by atoms with Crippen LogP contribution < -0.4 is 0 Å². The fraction of sp³-hybridized carbons (Fsp3) is 0. The number of carboxylic acid groups (broad SMARTS) is 2. The zero-order valence-electron chi connectivity index (χ0n) is 9.93. The van der Waals surface area contributed by atoms with Crippen LogP contribution in [0, 0.1) is 0 Å². The lowest BCUT2D eigenvalue weighted by Gasteiger charge is -1.86. The van der Waals surface area contributed by atoms with E-state index in [1.54, 1.807) is 48.5 Å². The second-order valence-electron chi connectivity index (χ2n) is 3.16. The second-order valence-corrected chi connectivity index (χ2v) is 4.90. The molecule has 0 spiro atoms. The average Bonchev–Trinajstić information content (AvgIpc) is 2.37. The Labute approximate surface area is 136 Å². The zero-order chi connectivity index (χ0) is 15.5. The molecule has 0 aliphatic rings. The summed E-state index contributed by atoms with van der Waals surface area (Å²) in [4.78, 5) is 8.56. The van der Waals surface area contributed by atoms with E-state index in [-0.39, 0.29) is 0 Å². The van der Waals surface area contributed by atoms with Gasteiger partial charge in [-0.1, -0.05) is 46.4 Å². The molecule has 0 aliphatic carbocycles. The number of rotatable bonds is 0. The van der Waals surface area contributed by atoms with Gasteiger partial charge in [0.25, 0.3) is 0 Å². The van der Waals surface area contributed by atoms with Crippen molar-refractivity contribution in [2.24, 2.45) is 0 Å². The molecule has 0 fully saturated rings. The predicted molar refractivity (Wildman–Crippen MR) is 83.6 cm³/mol. The third kappa shape index (κ3) is 11.9. The van der Waals surface area contributed by atoms with Crippen LogP contribution in [0.5, 0.6) is 0 Å². The second kappa shape index (κ2) is 10.6. The molecule has 0 saturated heterocycles. The SMILES string of the molecule is Clc1ccc(Cl)cc1.Clc1ccc(Cl)cc1.O=C(O)O. The van der Waals surface area contributed by atoms with E-state index in [0.717, 1.165) is 20.1 Å². The molecule has 2 aromatic rings. The average molecular weight is 356 g/mol. The van der Waals surface area contributed by atoms with Crippen molar-refractivity contribution < 1.29 is 15.0 Å². The lowest BCUT2D eigenvalue weighted by molar-refractivity contribution is 0.137. The highest BCUT2D eigenvalue weighted by Crippen LogP contribution is 2.13. The molecule has 0 bridgehead atoms. The van der Waals surface area contributed by atoms with E-state index >= 15 is 0 Å². The van der Waals surface area contributed by atoms with Gasteiger partial charge in [-0.3, -0.25) is 0 Å². The summed E-state index contributed by atoms with van der Waals surface area (Å²) in [5.74, 6) is 0. The molecule has 0 atom stereocenters. The smallest absolute Gasteiger partial charge is 0.450 e. The number of carbonyl (C=O) groups is 1. The highest BCUT2D eigenvalue weighted by Gasteiger charge is 1.84. The van der Waals surface area contributed by atoms with Gasteiger partial charge in [0.1, 0.15) is 0 Å². The molecule has 108 valence electrons. The summed E-state index contributed by atoms with van der Waals surface area (Å²) in [6, 6.07) is 14.0. The molecule has 3 nitrogen and oxygen atoms in total. The summed E-state index contributed by atoms with van der Waals surface area (Å²) < 4.78 is 0. The highest BCUT2D eigenvalue weighted by molar-refractivity contribution is 6.33. The Morgan fingerprint density at radius 3 is 0.800 bits per heavy atom. The number of hydrogen-bond acceptors (Lipinski definition) is 1. The van der Waals surface area contributed by atoms with E-state index in [0.29, 0.717) is 0 Å². The number of benzene rings is 2. The van der Waals surface area contributed by atoms with E-state index < -0.39 is 6.16 Å². The molecule has 0 radical (unpaired) electrons. The Hall–Kier alpha value is -1.13. The predicted octanol–water partition coefficient (Wildman–Crippen LogP) is 6.21. The van der Waals surface area contributed by atoms with E-state index in [9.17, 15) is 0 Å². The fourth-order valence-electron chi connectivity index (χ4n) is 0.859. The Morgan fingerprint density at radius 2 is 0.700 bits per heavy atom. The van der Waals surface area contributed by atoms with Gasteiger partial charge >= 0.3 is 6.16 Å². The first-order valence-corrected chi connectivity index (χ1v) is 6.56. The fourth-order valence-corrected chi connectivity index (χ4v) is 1.36. The Morgan fingerprint density at radius 1 is 0.600 bits per heavy atom. The molecule has 0 saturated carbocycles. The van der Waals surface area contributed by atoms with Gasteiger partial charge in [-0.05, 0) is 48.5 Å². The maximum atomic E-state index is 8.56. The Balaban J connectivity index is 0.000000289. The largest absolute Gasteiger partial charge is 0.503 e. The Bertz CT molecular complexity index is 423. The molecule has 2 rings (SSSR count).